The van der Waals surface area contributed by atoms with Gasteiger partial charge in [0.1, 0.15) is 6.61 Å². The molecule has 2 aromatic carbocycles. The normalized spacial score (nSPS) is 14.3. The molecule has 0 bridgehead atoms. The fraction of sp³-hybridized carbons (Fsp3) is 0.417. The standard InChI is InChI=1S/C24H27Cl2NO5/c1-30-22-12-16(9-11-21(22)31-14-17-8-10-18(25)13-20(17)26)24(29)32-15-23(28)27-19-6-4-2-3-5-7-19/h8-13,19H,2-7,14-15H2,1H3,(H,27,28). The van der Waals surface area contributed by atoms with Crippen molar-refractivity contribution in [1.82, 2.24) is 5.32 Å². The third kappa shape index (κ3) is 7.04. The molecule has 0 radical (unpaired) electrons. The molecule has 0 unspecified atom stereocenters. The average Bonchev–Trinajstić information content (AvgIpc) is 3.05. The number of carbonyl (C=O) groups excluding carboxylic acids is 2. The Kier molecular flexibility index (Phi) is 9.06. The second-order valence-corrected chi connectivity index (χ2v) is 8.57. The Labute approximate surface area is 198 Å². The molecule has 1 N–H and O–H groups in total. The van der Waals surface area contributed by atoms with E-state index in [-0.39, 0.29) is 30.7 Å². The highest BCUT2D eigenvalue weighted by molar-refractivity contribution is 6.35. The van der Waals surface area contributed by atoms with Crippen molar-refractivity contribution in [2.75, 3.05) is 13.7 Å². The van der Waals surface area contributed by atoms with E-state index in [1.54, 1.807) is 30.3 Å². The van der Waals surface area contributed by atoms with Gasteiger partial charge < -0.3 is 19.5 Å². The second kappa shape index (κ2) is 12.0. The van der Waals surface area contributed by atoms with Gasteiger partial charge in [0.05, 0.1) is 12.7 Å². The lowest BCUT2D eigenvalue weighted by atomic mass is 10.1. The van der Waals surface area contributed by atoms with E-state index in [4.69, 9.17) is 37.4 Å². The molecule has 0 saturated heterocycles. The van der Waals surface area contributed by atoms with Crippen LogP contribution in [0.3, 0.4) is 0 Å². The summed E-state index contributed by atoms with van der Waals surface area (Å²) in [6.07, 6.45) is 6.58. The average molecular weight is 480 g/mol. The van der Waals surface area contributed by atoms with E-state index in [2.05, 4.69) is 5.32 Å². The summed E-state index contributed by atoms with van der Waals surface area (Å²) in [7, 11) is 1.48. The van der Waals surface area contributed by atoms with Crippen LogP contribution in [0.4, 0.5) is 0 Å². The van der Waals surface area contributed by atoms with Crippen molar-refractivity contribution in [1.29, 1.82) is 0 Å². The van der Waals surface area contributed by atoms with Gasteiger partial charge in [-0.3, -0.25) is 4.79 Å². The van der Waals surface area contributed by atoms with Crippen LogP contribution in [-0.4, -0.2) is 31.6 Å². The van der Waals surface area contributed by atoms with Gasteiger partial charge >= 0.3 is 5.97 Å². The second-order valence-electron chi connectivity index (χ2n) is 7.72. The van der Waals surface area contributed by atoms with Crippen LogP contribution < -0.4 is 14.8 Å². The maximum absolute atomic E-state index is 12.4. The van der Waals surface area contributed by atoms with E-state index in [0.717, 1.165) is 31.2 Å². The first kappa shape index (κ1) is 24.2. The largest absolute Gasteiger partial charge is 0.493 e. The molecule has 32 heavy (non-hydrogen) atoms. The predicted octanol–water partition coefficient (Wildman–Crippen LogP) is 5.58. The first-order valence-corrected chi connectivity index (χ1v) is 11.4. The number of carbonyl (C=O) groups is 2. The minimum absolute atomic E-state index is 0.161. The third-order valence-electron chi connectivity index (χ3n) is 5.35. The lowest BCUT2D eigenvalue weighted by Crippen LogP contribution is -2.37. The first-order chi connectivity index (χ1) is 15.5. The van der Waals surface area contributed by atoms with Crippen LogP contribution in [0.25, 0.3) is 0 Å². The minimum Gasteiger partial charge on any atom is -0.493 e. The Morgan fingerprint density at radius 3 is 2.44 bits per heavy atom. The summed E-state index contributed by atoms with van der Waals surface area (Å²) in [4.78, 5) is 24.6. The Bertz CT molecular complexity index is 942. The molecule has 0 atom stereocenters. The fourth-order valence-electron chi connectivity index (χ4n) is 3.62. The van der Waals surface area contributed by atoms with Crippen LogP contribution in [0, 0.1) is 0 Å². The lowest BCUT2D eigenvalue weighted by Gasteiger charge is -2.16. The molecule has 3 rings (SSSR count). The minimum atomic E-state index is -0.605. The zero-order valence-corrected chi connectivity index (χ0v) is 19.5. The third-order valence-corrected chi connectivity index (χ3v) is 5.94. The zero-order valence-electron chi connectivity index (χ0n) is 18.0. The number of esters is 1. The van der Waals surface area contributed by atoms with Crippen LogP contribution in [0.15, 0.2) is 36.4 Å². The van der Waals surface area contributed by atoms with Crippen molar-refractivity contribution < 1.29 is 23.8 Å². The predicted molar refractivity (Wildman–Crippen MR) is 124 cm³/mol. The van der Waals surface area contributed by atoms with Crippen LogP contribution in [0.5, 0.6) is 11.5 Å². The number of hydrogen-bond donors (Lipinski definition) is 1. The highest BCUT2D eigenvalue weighted by atomic mass is 35.5. The van der Waals surface area contributed by atoms with E-state index in [9.17, 15) is 9.59 Å². The van der Waals surface area contributed by atoms with Gasteiger partial charge in [-0.15, -0.1) is 0 Å². The molecule has 6 nitrogen and oxygen atoms in total. The van der Waals surface area contributed by atoms with E-state index in [1.165, 1.54) is 26.0 Å². The quantitative estimate of drug-likeness (QED) is 0.395. The van der Waals surface area contributed by atoms with Crippen LogP contribution in [-0.2, 0) is 16.1 Å². The molecule has 1 saturated carbocycles. The number of methoxy groups -OCH3 is 1. The Morgan fingerprint density at radius 2 is 1.75 bits per heavy atom. The Morgan fingerprint density at radius 1 is 1.00 bits per heavy atom. The van der Waals surface area contributed by atoms with E-state index in [1.807, 2.05) is 0 Å². The van der Waals surface area contributed by atoms with Crippen molar-refractivity contribution in [2.45, 2.75) is 51.2 Å². The summed E-state index contributed by atoms with van der Waals surface area (Å²) in [6, 6.07) is 10.0. The summed E-state index contributed by atoms with van der Waals surface area (Å²) < 4.78 is 16.3. The number of ether oxygens (including phenoxy) is 3. The van der Waals surface area contributed by atoms with Crippen molar-refractivity contribution >= 4 is 35.1 Å². The van der Waals surface area contributed by atoms with E-state index >= 15 is 0 Å². The van der Waals surface area contributed by atoms with Gasteiger partial charge in [-0.25, -0.2) is 4.79 Å². The number of rotatable bonds is 8. The van der Waals surface area contributed by atoms with Crippen molar-refractivity contribution in [2.24, 2.45) is 0 Å². The zero-order chi connectivity index (χ0) is 22.9. The molecule has 1 aliphatic rings. The lowest BCUT2D eigenvalue weighted by molar-refractivity contribution is -0.125. The molecule has 8 heteroatoms. The topological polar surface area (TPSA) is 73.9 Å². The Hall–Kier alpha value is -2.44. The van der Waals surface area contributed by atoms with E-state index < -0.39 is 5.97 Å². The van der Waals surface area contributed by atoms with Crippen molar-refractivity contribution in [3.8, 4) is 11.5 Å². The molecule has 1 fully saturated rings. The van der Waals surface area contributed by atoms with Crippen molar-refractivity contribution in [3.05, 3.63) is 57.6 Å². The summed E-state index contributed by atoms with van der Waals surface area (Å²) in [5, 5.41) is 4.00. The Balaban J connectivity index is 1.54. The molecule has 1 amide bonds. The number of amides is 1. The number of benzene rings is 2. The smallest absolute Gasteiger partial charge is 0.338 e. The molecule has 0 spiro atoms. The van der Waals surface area contributed by atoms with Gasteiger partial charge in [0.2, 0.25) is 0 Å². The molecular weight excluding hydrogens is 453 g/mol. The number of halogens is 2. The summed E-state index contributed by atoms with van der Waals surface area (Å²) in [5.74, 6) is -0.0720. The monoisotopic (exact) mass is 479 g/mol. The maximum Gasteiger partial charge on any atom is 0.338 e. The van der Waals surface area contributed by atoms with Gasteiger partial charge in [0.15, 0.2) is 18.1 Å². The van der Waals surface area contributed by atoms with Gasteiger partial charge in [-0.05, 0) is 43.2 Å². The van der Waals surface area contributed by atoms with Gasteiger partial charge in [0.25, 0.3) is 5.91 Å². The summed E-state index contributed by atoms with van der Waals surface area (Å²) >= 11 is 12.1. The number of hydrogen-bond acceptors (Lipinski definition) is 5. The maximum atomic E-state index is 12.4. The molecule has 0 aliphatic heterocycles. The van der Waals surface area contributed by atoms with Crippen LogP contribution in [0.1, 0.15) is 54.4 Å². The molecule has 0 heterocycles. The van der Waals surface area contributed by atoms with Crippen LogP contribution in [0.2, 0.25) is 10.0 Å². The molecule has 0 aromatic heterocycles. The van der Waals surface area contributed by atoms with Crippen molar-refractivity contribution in [3.63, 3.8) is 0 Å². The molecule has 2 aromatic rings. The summed E-state index contributed by atoms with van der Waals surface area (Å²) in [5.41, 5.74) is 1.03. The van der Waals surface area contributed by atoms with E-state index in [0.29, 0.717) is 21.5 Å². The molecule has 1 aliphatic carbocycles. The molecular formula is C24H27Cl2NO5. The first-order valence-electron chi connectivity index (χ1n) is 10.7. The van der Waals surface area contributed by atoms with Crippen LogP contribution >= 0.6 is 23.2 Å². The highest BCUT2D eigenvalue weighted by Gasteiger charge is 2.17. The van der Waals surface area contributed by atoms with Gasteiger partial charge in [0, 0.05) is 21.7 Å². The van der Waals surface area contributed by atoms with Gasteiger partial charge in [-0.2, -0.15) is 0 Å². The molecule has 172 valence electrons. The SMILES string of the molecule is COc1cc(C(=O)OCC(=O)NC2CCCCCC2)ccc1OCc1ccc(Cl)cc1Cl. The fourth-order valence-corrected chi connectivity index (χ4v) is 4.08. The summed E-state index contributed by atoms with van der Waals surface area (Å²) in [6.45, 7) is -0.109. The van der Waals surface area contributed by atoms with Gasteiger partial charge in [-0.1, -0.05) is 55.0 Å². The number of nitrogens with one attached hydrogen (secondary N) is 1. The highest BCUT2D eigenvalue weighted by Crippen LogP contribution is 2.30.